The van der Waals surface area contributed by atoms with Crippen LogP contribution in [0.15, 0.2) is 91.0 Å². The zero-order chi connectivity index (χ0) is 42.0. The Balaban J connectivity index is 1.38. The van der Waals surface area contributed by atoms with Crippen molar-refractivity contribution in [1.82, 2.24) is 35.9 Å². The number of hydrogen-bond donors (Lipinski definition) is 5. The first-order valence-corrected chi connectivity index (χ1v) is 19.8. The molecule has 58 heavy (non-hydrogen) atoms. The third-order valence-corrected chi connectivity index (χ3v) is 10.6. The zero-order valence-electron chi connectivity index (χ0n) is 34.2. The van der Waals surface area contributed by atoms with E-state index in [0.717, 1.165) is 27.7 Å². The molecular weight excluding hydrogens is 739 g/mol. The number of carbonyl (C=O) groups is 4. The van der Waals surface area contributed by atoms with Gasteiger partial charge in [-0.1, -0.05) is 108 Å². The number of para-hydroxylation sites is 1. The number of benzene rings is 3. The standard InChI is InChI=1S/C44H57N7O7/c1-7-29(2)38(51-24-23-49(43(51)57)27-33-20-19-32-15-11-12-16-35(32)45-33)40(53)46-36(25-30-13-9-8-10-14-30)37(52)28-50(26-31-17-21-34(58-6)22-18-31)48-41(54)39(44(3,4)5)47-42(55)56/h8-22,29,36-39,47,52H,7,23-28H2,1-6H3,(H,46,53)(H,48,54)(H,55,56). The smallest absolute Gasteiger partial charge is 0.405 e. The molecule has 1 saturated heterocycles. The minimum absolute atomic E-state index is 0.136. The molecule has 1 aromatic heterocycles. The van der Waals surface area contributed by atoms with Crippen LogP contribution < -0.4 is 20.8 Å². The van der Waals surface area contributed by atoms with Gasteiger partial charge >= 0.3 is 12.1 Å². The quantitative estimate of drug-likeness (QED) is 0.0848. The fourth-order valence-electron chi connectivity index (χ4n) is 7.22. The van der Waals surface area contributed by atoms with E-state index in [1.165, 1.54) is 5.01 Å². The van der Waals surface area contributed by atoms with Crippen molar-refractivity contribution < 1.29 is 34.1 Å². The van der Waals surface area contributed by atoms with Gasteiger partial charge in [0.05, 0.1) is 37.0 Å². The second-order valence-corrected chi connectivity index (χ2v) is 16.0. The first-order chi connectivity index (χ1) is 27.7. The first-order valence-electron chi connectivity index (χ1n) is 19.8. The third-order valence-electron chi connectivity index (χ3n) is 10.6. The number of aliphatic hydroxyl groups is 1. The van der Waals surface area contributed by atoms with E-state index < -0.39 is 47.6 Å². The highest BCUT2D eigenvalue weighted by Crippen LogP contribution is 2.24. The third kappa shape index (κ3) is 11.4. The summed E-state index contributed by atoms with van der Waals surface area (Å²) in [6, 6.07) is 25.3. The number of carboxylic acid groups (broad SMARTS) is 1. The maximum atomic E-state index is 14.5. The van der Waals surface area contributed by atoms with E-state index in [1.54, 1.807) is 49.8 Å². The second-order valence-electron chi connectivity index (χ2n) is 16.0. The molecule has 0 bridgehead atoms. The molecule has 1 aliphatic heterocycles. The van der Waals surface area contributed by atoms with Gasteiger partial charge in [-0.15, -0.1) is 0 Å². The SMILES string of the molecule is CCC(C)C(C(=O)NC(Cc1ccccc1)C(O)CN(Cc1ccc(OC)cc1)NC(=O)C(NC(=O)O)C(C)(C)C)N1CCN(Cc2ccc3ccccc3n2)C1=O. The van der Waals surface area contributed by atoms with Crippen LogP contribution in [-0.4, -0.2) is 105 Å². The van der Waals surface area contributed by atoms with E-state index in [9.17, 15) is 29.4 Å². The Kier molecular flexibility index (Phi) is 14.7. The van der Waals surface area contributed by atoms with Crippen molar-refractivity contribution in [3.8, 4) is 5.75 Å². The normalized spacial score (nSPS) is 15.8. The van der Waals surface area contributed by atoms with Gasteiger partial charge in [0.1, 0.15) is 17.8 Å². The van der Waals surface area contributed by atoms with Gasteiger partial charge in [0.15, 0.2) is 0 Å². The summed E-state index contributed by atoms with van der Waals surface area (Å²) in [5.41, 5.74) is 5.31. The van der Waals surface area contributed by atoms with Crippen LogP contribution in [0.25, 0.3) is 10.9 Å². The molecular formula is C44H57N7O7. The predicted molar refractivity (Wildman–Crippen MR) is 222 cm³/mol. The molecule has 1 fully saturated rings. The molecule has 0 saturated carbocycles. The lowest BCUT2D eigenvalue weighted by atomic mass is 9.86. The molecule has 14 heteroatoms. The van der Waals surface area contributed by atoms with Crippen molar-refractivity contribution in [2.75, 3.05) is 26.7 Å². The summed E-state index contributed by atoms with van der Waals surface area (Å²) in [5.74, 6) is -0.562. The summed E-state index contributed by atoms with van der Waals surface area (Å²) in [7, 11) is 1.56. The second kappa shape index (κ2) is 19.6. The van der Waals surface area contributed by atoms with Crippen LogP contribution in [0.2, 0.25) is 0 Å². The average Bonchev–Trinajstić information content (AvgIpc) is 3.54. The summed E-state index contributed by atoms with van der Waals surface area (Å²) in [4.78, 5) is 62.0. The highest BCUT2D eigenvalue weighted by Gasteiger charge is 2.41. The number of fused-ring (bicyclic) bond motifs is 1. The molecule has 0 spiro atoms. The minimum Gasteiger partial charge on any atom is -0.497 e. The summed E-state index contributed by atoms with van der Waals surface area (Å²) >= 11 is 0. The fraction of sp³-hybridized carbons (Fsp3) is 0.432. The number of amides is 5. The molecule has 5 amide bonds. The van der Waals surface area contributed by atoms with Crippen molar-refractivity contribution in [2.45, 2.75) is 84.8 Å². The van der Waals surface area contributed by atoms with Gasteiger partial charge in [0.25, 0.3) is 5.91 Å². The van der Waals surface area contributed by atoms with Crippen LogP contribution in [0.1, 0.15) is 57.9 Å². The number of methoxy groups -OCH3 is 1. The molecule has 310 valence electrons. The number of nitrogens with zero attached hydrogens (tertiary/aromatic N) is 4. The van der Waals surface area contributed by atoms with Gasteiger partial charge in [-0.05, 0) is 53.1 Å². The number of ether oxygens (including phenoxy) is 1. The summed E-state index contributed by atoms with van der Waals surface area (Å²) in [5, 5.41) is 29.6. The van der Waals surface area contributed by atoms with Crippen molar-refractivity contribution >= 4 is 34.8 Å². The van der Waals surface area contributed by atoms with E-state index in [0.29, 0.717) is 31.8 Å². The van der Waals surface area contributed by atoms with E-state index >= 15 is 0 Å². The highest BCUT2D eigenvalue weighted by atomic mass is 16.5. The Morgan fingerprint density at radius 2 is 1.59 bits per heavy atom. The van der Waals surface area contributed by atoms with Crippen molar-refractivity contribution in [3.63, 3.8) is 0 Å². The van der Waals surface area contributed by atoms with Crippen molar-refractivity contribution in [1.29, 1.82) is 0 Å². The zero-order valence-corrected chi connectivity index (χ0v) is 34.2. The molecule has 4 aromatic rings. The van der Waals surface area contributed by atoms with Crippen LogP contribution in [0, 0.1) is 11.3 Å². The van der Waals surface area contributed by atoms with Crippen molar-refractivity contribution in [2.24, 2.45) is 11.3 Å². The number of hydrogen-bond acceptors (Lipinski definition) is 8. The Morgan fingerprint density at radius 1 is 0.897 bits per heavy atom. The lowest BCUT2D eigenvalue weighted by Gasteiger charge is -2.36. The molecule has 0 radical (unpaired) electrons. The van der Waals surface area contributed by atoms with Crippen molar-refractivity contribution in [3.05, 3.63) is 108 Å². The minimum atomic E-state index is -1.34. The Labute approximate surface area is 340 Å². The van der Waals surface area contributed by atoms with E-state index in [2.05, 4.69) is 16.1 Å². The number of nitrogens with one attached hydrogen (secondary N) is 3. The van der Waals surface area contributed by atoms with Gasteiger partial charge in [0, 0.05) is 31.6 Å². The highest BCUT2D eigenvalue weighted by molar-refractivity contribution is 5.89. The van der Waals surface area contributed by atoms with Gasteiger partial charge in [-0.3, -0.25) is 20.0 Å². The molecule has 14 nitrogen and oxygen atoms in total. The molecule has 5 atom stereocenters. The number of hydrazine groups is 1. The number of aliphatic hydroxyl groups excluding tert-OH is 1. The van der Waals surface area contributed by atoms with Crippen LogP contribution in [0.5, 0.6) is 5.75 Å². The van der Waals surface area contributed by atoms with E-state index in [4.69, 9.17) is 9.72 Å². The van der Waals surface area contributed by atoms with Crippen LogP contribution in [-0.2, 0) is 29.1 Å². The number of rotatable bonds is 18. The molecule has 5 rings (SSSR count). The Morgan fingerprint density at radius 3 is 2.24 bits per heavy atom. The Hall–Kier alpha value is -5.73. The van der Waals surface area contributed by atoms with Gasteiger partial charge in [0.2, 0.25) is 5.91 Å². The molecule has 5 N–H and O–H groups in total. The summed E-state index contributed by atoms with van der Waals surface area (Å²) in [6.07, 6.45) is -1.70. The van der Waals surface area contributed by atoms with Crippen LogP contribution in [0.4, 0.5) is 9.59 Å². The fourth-order valence-corrected chi connectivity index (χ4v) is 7.22. The topological polar surface area (TPSA) is 177 Å². The number of urea groups is 1. The summed E-state index contributed by atoms with van der Waals surface area (Å²) in [6.45, 7) is 10.2. The van der Waals surface area contributed by atoms with Gasteiger partial charge < -0.3 is 35.4 Å². The number of carbonyl (C=O) groups excluding carboxylic acids is 3. The number of aromatic nitrogens is 1. The maximum Gasteiger partial charge on any atom is 0.405 e. The van der Waals surface area contributed by atoms with Crippen LogP contribution >= 0.6 is 0 Å². The summed E-state index contributed by atoms with van der Waals surface area (Å²) < 4.78 is 5.31. The number of pyridine rings is 1. The monoisotopic (exact) mass is 795 g/mol. The predicted octanol–water partition coefficient (Wildman–Crippen LogP) is 5.20. The first kappa shape index (κ1) is 43.4. The Bertz CT molecular complexity index is 2010. The van der Waals surface area contributed by atoms with Crippen LogP contribution in [0.3, 0.4) is 0 Å². The lowest BCUT2D eigenvalue weighted by Crippen LogP contribution is -2.60. The lowest BCUT2D eigenvalue weighted by molar-refractivity contribution is -0.132. The van der Waals surface area contributed by atoms with E-state index in [1.807, 2.05) is 92.7 Å². The average molecular weight is 796 g/mol. The maximum absolute atomic E-state index is 14.5. The van der Waals surface area contributed by atoms with E-state index in [-0.39, 0.29) is 31.5 Å². The van der Waals surface area contributed by atoms with Gasteiger partial charge in [-0.25, -0.2) is 14.6 Å². The molecule has 0 aliphatic carbocycles. The molecule has 1 aliphatic rings. The molecule has 5 unspecified atom stereocenters. The van der Waals surface area contributed by atoms with Gasteiger partial charge in [-0.2, -0.15) is 0 Å². The molecule has 3 aromatic carbocycles. The molecule has 2 heterocycles. The largest absolute Gasteiger partial charge is 0.497 e.